The molecule has 0 bridgehead atoms. The Kier molecular flexibility index (Phi) is 4.40. The van der Waals surface area contributed by atoms with Crippen LogP contribution in [-0.4, -0.2) is 40.1 Å². The van der Waals surface area contributed by atoms with Crippen molar-refractivity contribution >= 4 is 17.5 Å². The maximum absolute atomic E-state index is 13.3. The number of nitrogens with two attached hydrogens (primary N) is 1. The Hall–Kier alpha value is -3.53. The fraction of sp³-hybridized carbons (Fsp3) is 0.222. The van der Waals surface area contributed by atoms with Gasteiger partial charge in [-0.05, 0) is 12.1 Å². The minimum atomic E-state index is -0.716. The smallest absolute Gasteiger partial charge is 0.270 e. The molecule has 1 aromatic carbocycles. The summed E-state index contributed by atoms with van der Waals surface area (Å²) in [5.74, 6) is -1.20. The molecule has 0 aliphatic carbocycles. The van der Waals surface area contributed by atoms with Crippen LogP contribution in [0.25, 0.3) is 5.65 Å². The van der Waals surface area contributed by atoms with Crippen molar-refractivity contribution in [2.75, 3.05) is 13.7 Å². The number of carbonyl (C=O) groups is 2. The summed E-state index contributed by atoms with van der Waals surface area (Å²) in [5.41, 5.74) is 6.83. The third-order valence-corrected chi connectivity index (χ3v) is 4.41. The normalized spacial score (nSPS) is 15.3. The molecule has 1 atom stereocenters. The summed E-state index contributed by atoms with van der Waals surface area (Å²) in [7, 11) is 1.45. The molecule has 28 heavy (non-hydrogen) atoms. The number of aromatic nitrogens is 3. The topological polar surface area (TPSA) is 121 Å². The lowest BCUT2D eigenvalue weighted by atomic mass is 10.1. The lowest BCUT2D eigenvalue weighted by Crippen LogP contribution is -2.31. The maximum Gasteiger partial charge on any atom is 0.270 e. The highest BCUT2D eigenvalue weighted by Gasteiger charge is 2.28. The molecule has 0 saturated heterocycles. The van der Waals surface area contributed by atoms with Crippen LogP contribution in [0.15, 0.2) is 30.5 Å². The van der Waals surface area contributed by atoms with Gasteiger partial charge in [-0.1, -0.05) is 6.07 Å². The number of nitrogens with one attached hydrogen (secondary N) is 1. The van der Waals surface area contributed by atoms with Crippen LogP contribution in [0.1, 0.15) is 38.1 Å². The number of hydrogen-bond donors (Lipinski definition) is 2. The molecule has 3 heterocycles. The zero-order valence-electron chi connectivity index (χ0n) is 14.8. The lowest BCUT2D eigenvalue weighted by molar-refractivity contribution is 0.0921. The number of carbonyl (C=O) groups excluding carboxylic acids is 2. The van der Waals surface area contributed by atoms with E-state index in [9.17, 15) is 14.0 Å². The third kappa shape index (κ3) is 2.93. The molecule has 9 nitrogen and oxygen atoms in total. The Morgan fingerprint density at radius 1 is 1.43 bits per heavy atom. The Bertz CT molecular complexity index is 1100. The maximum atomic E-state index is 13.3. The predicted molar refractivity (Wildman–Crippen MR) is 94.3 cm³/mol. The highest BCUT2D eigenvalue weighted by atomic mass is 19.1. The van der Waals surface area contributed by atoms with Crippen molar-refractivity contribution in [3.05, 3.63) is 58.8 Å². The SMILES string of the molecule is COCc1nn2c(C(=O)N[C@@H]3COc4cc(F)ccc43)ccnc2c1C(N)=O. The summed E-state index contributed by atoms with van der Waals surface area (Å²) in [4.78, 5) is 28.8. The first-order valence-electron chi connectivity index (χ1n) is 8.38. The van der Waals surface area contributed by atoms with Crippen LogP contribution in [0.2, 0.25) is 0 Å². The van der Waals surface area contributed by atoms with Crippen molar-refractivity contribution in [2.24, 2.45) is 5.73 Å². The first kappa shape index (κ1) is 17.9. The minimum Gasteiger partial charge on any atom is -0.491 e. The Balaban J connectivity index is 1.69. The molecule has 0 saturated carbocycles. The van der Waals surface area contributed by atoms with E-state index in [0.717, 1.165) is 0 Å². The van der Waals surface area contributed by atoms with Gasteiger partial charge in [0.05, 0.1) is 12.6 Å². The summed E-state index contributed by atoms with van der Waals surface area (Å²) >= 11 is 0. The molecule has 0 radical (unpaired) electrons. The minimum absolute atomic E-state index is 0.0398. The first-order valence-corrected chi connectivity index (χ1v) is 8.38. The van der Waals surface area contributed by atoms with Gasteiger partial charge in [-0.2, -0.15) is 5.10 Å². The average Bonchev–Trinajstić information content (AvgIpc) is 3.22. The van der Waals surface area contributed by atoms with Gasteiger partial charge in [-0.25, -0.2) is 13.9 Å². The van der Waals surface area contributed by atoms with E-state index < -0.39 is 23.7 Å². The summed E-state index contributed by atoms with van der Waals surface area (Å²) in [6.07, 6.45) is 1.39. The number of ether oxygens (including phenoxy) is 2. The fourth-order valence-corrected chi connectivity index (χ4v) is 3.19. The molecule has 2 aromatic heterocycles. The number of halogens is 1. The molecular weight excluding hydrogens is 369 g/mol. The van der Waals surface area contributed by atoms with Gasteiger partial charge in [-0.3, -0.25) is 9.59 Å². The number of fused-ring (bicyclic) bond motifs is 2. The third-order valence-electron chi connectivity index (χ3n) is 4.41. The Morgan fingerprint density at radius 2 is 2.25 bits per heavy atom. The summed E-state index contributed by atoms with van der Waals surface area (Å²) in [5, 5.41) is 7.09. The second-order valence-electron chi connectivity index (χ2n) is 6.20. The van der Waals surface area contributed by atoms with E-state index >= 15 is 0 Å². The van der Waals surface area contributed by atoms with Crippen LogP contribution in [0.3, 0.4) is 0 Å². The average molecular weight is 385 g/mol. The molecule has 0 unspecified atom stereocenters. The monoisotopic (exact) mass is 385 g/mol. The molecule has 3 N–H and O–H groups in total. The van der Waals surface area contributed by atoms with Crippen LogP contribution < -0.4 is 15.8 Å². The van der Waals surface area contributed by atoms with Crippen molar-refractivity contribution in [1.82, 2.24) is 19.9 Å². The van der Waals surface area contributed by atoms with E-state index in [4.69, 9.17) is 15.2 Å². The summed E-state index contributed by atoms with van der Waals surface area (Å²) in [6.45, 7) is 0.220. The van der Waals surface area contributed by atoms with Gasteiger partial charge in [0.1, 0.15) is 35.1 Å². The van der Waals surface area contributed by atoms with Crippen molar-refractivity contribution < 1.29 is 23.5 Å². The van der Waals surface area contributed by atoms with E-state index in [2.05, 4.69) is 15.4 Å². The van der Waals surface area contributed by atoms with Crippen molar-refractivity contribution in [2.45, 2.75) is 12.6 Å². The van der Waals surface area contributed by atoms with Gasteiger partial charge in [-0.15, -0.1) is 0 Å². The van der Waals surface area contributed by atoms with E-state index in [0.29, 0.717) is 11.3 Å². The number of rotatable bonds is 5. The van der Waals surface area contributed by atoms with Crippen LogP contribution in [0.5, 0.6) is 5.75 Å². The standard InChI is InChI=1S/C18H16FN5O4/c1-27-7-12-15(16(20)25)17-21-5-4-13(24(17)23-12)18(26)22-11-8-28-14-6-9(19)2-3-10(11)14/h2-6,11H,7-8H2,1H3,(H2,20,25)(H,22,26)/t11-/m1/s1. The molecule has 10 heteroatoms. The largest absolute Gasteiger partial charge is 0.491 e. The van der Waals surface area contributed by atoms with Gasteiger partial charge in [0, 0.05) is 24.9 Å². The van der Waals surface area contributed by atoms with E-state index in [1.165, 1.54) is 36.0 Å². The first-order chi connectivity index (χ1) is 13.5. The van der Waals surface area contributed by atoms with Crippen LogP contribution in [-0.2, 0) is 11.3 Å². The van der Waals surface area contributed by atoms with Crippen molar-refractivity contribution in [3.8, 4) is 5.75 Å². The molecule has 0 spiro atoms. The molecule has 2 amide bonds. The van der Waals surface area contributed by atoms with Crippen LogP contribution in [0, 0.1) is 5.82 Å². The van der Waals surface area contributed by atoms with Gasteiger partial charge < -0.3 is 20.5 Å². The van der Waals surface area contributed by atoms with Gasteiger partial charge in [0.15, 0.2) is 5.65 Å². The molecule has 1 aliphatic heterocycles. The fourth-order valence-electron chi connectivity index (χ4n) is 3.19. The highest BCUT2D eigenvalue weighted by molar-refractivity contribution is 6.01. The van der Waals surface area contributed by atoms with Gasteiger partial charge in [0.2, 0.25) is 0 Å². The van der Waals surface area contributed by atoms with Gasteiger partial charge in [0.25, 0.3) is 11.8 Å². The van der Waals surface area contributed by atoms with E-state index in [1.807, 2.05) is 0 Å². The number of benzene rings is 1. The van der Waals surface area contributed by atoms with Crippen molar-refractivity contribution in [1.29, 1.82) is 0 Å². The predicted octanol–water partition coefficient (Wildman–Crippen LogP) is 0.977. The number of primary amides is 1. The van der Waals surface area contributed by atoms with E-state index in [-0.39, 0.29) is 35.8 Å². The molecule has 0 fully saturated rings. The van der Waals surface area contributed by atoms with E-state index in [1.54, 1.807) is 6.07 Å². The molecule has 1 aliphatic rings. The number of methoxy groups -OCH3 is 1. The quantitative estimate of drug-likeness (QED) is 0.675. The second-order valence-corrected chi connectivity index (χ2v) is 6.20. The van der Waals surface area contributed by atoms with Crippen LogP contribution in [0.4, 0.5) is 4.39 Å². The molecular formula is C18H16FN5O4. The molecule has 3 aromatic rings. The molecule has 4 rings (SSSR count). The van der Waals surface area contributed by atoms with Crippen molar-refractivity contribution in [3.63, 3.8) is 0 Å². The number of hydrogen-bond acceptors (Lipinski definition) is 6. The summed E-state index contributed by atoms with van der Waals surface area (Å²) in [6, 6.07) is 5.17. The number of nitrogens with zero attached hydrogens (tertiary/aromatic N) is 3. The Labute approximate surface area is 158 Å². The van der Waals surface area contributed by atoms with Crippen LogP contribution >= 0.6 is 0 Å². The summed E-state index contributed by atoms with van der Waals surface area (Å²) < 4.78 is 25.1. The zero-order chi connectivity index (χ0) is 19.8. The lowest BCUT2D eigenvalue weighted by Gasteiger charge is -2.12. The second kappa shape index (κ2) is 6.89. The zero-order valence-corrected chi connectivity index (χ0v) is 14.8. The van der Waals surface area contributed by atoms with Gasteiger partial charge >= 0.3 is 0 Å². The number of amides is 2. The molecule has 144 valence electrons. The Morgan fingerprint density at radius 3 is 3.00 bits per heavy atom. The highest BCUT2D eigenvalue weighted by Crippen LogP contribution is 2.32.